The molecule has 3 N–H and O–H groups in total. The van der Waals surface area contributed by atoms with Gasteiger partial charge in [0.05, 0.1) is 30.3 Å². The summed E-state index contributed by atoms with van der Waals surface area (Å²) >= 11 is 0. The fourth-order valence-corrected chi connectivity index (χ4v) is 15.7. The van der Waals surface area contributed by atoms with E-state index in [1.165, 1.54) is 10.8 Å². The SMILES string of the molecule is Cc1cn(C2CC(N=[N+]=N)C(COC(=O)CC(C)(C)C(=O)OC[C@]34CC[C@@H](C(C)C)[C@@H]3[C@H]3CC[C@@H]5[C@@]6(C)CC[C@H](OC(=O)CC(C)(C)C(=O)O)C(C)(C)[C@@H]6CC[C@@]5(C)[C@]3(C)CC4)O2)c(=O)[nH]c1=O. The summed E-state index contributed by atoms with van der Waals surface area (Å²) in [4.78, 5) is 82.4. The van der Waals surface area contributed by atoms with Crippen LogP contribution in [-0.2, 0) is 38.1 Å². The number of hydrogen-bond acceptors (Lipinski definition) is 12. The lowest BCUT2D eigenvalue weighted by molar-refractivity contribution is -0.254. The lowest BCUT2D eigenvalue weighted by Gasteiger charge is -2.73. The van der Waals surface area contributed by atoms with Crippen molar-refractivity contribution in [2.24, 2.45) is 78.5 Å². The Balaban J connectivity index is 1.01. The summed E-state index contributed by atoms with van der Waals surface area (Å²) < 4.78 is 25.5. The van der Waals surface area contributed by atoms with Crippen molar-refractivity contribution in [3.63, 3.8) is 0 Å². The van der Waals surface area contributed by atoms with Crippen molar-refractivity contribution < 1.29 is 43.2 Å². The molecule has 1 saturated heterocycles. The van der Waals surface area contributed by atoms with Crippen LogP contribution >= 0.6 is 0 Å². The van der Waals surface area contributed by atoms with Crippen molar-refractivity contribution in [1.29, 1.82) is 5.53 Å². The molecule has 1 aliphatic heterocycles. The van der Waals surface area contributed by atoms with Gasteiger partial charge in [-0.2, -0.15) is 0 Å². The second-order valence-electron chi connectivity index (χ2n) is 25.2. The van der Waals surface area contributed by atoms with Crippen LogP contribution in [0.15, 0.2) is 20.9 Å². The van der Waals surface area contributed by atoms with E-state index in [-0.39, 0.29) is 59.0 Å². The molecule has 0 spiro atoms. The summed E-state index contributed by atoms with van der Waals surface area (Å²) in [7, 11) is 0. The zero-order chi connectivity index (χ0) is 50.2. The molecular formula is C52H80N5O11+. The highest BCUT2D eigenvalue weighted by Crippen LogP contribution is 2.77. The van der Waals surface area contributed by atoms with E-state index in [0.717, 1.165) is 64.2 Å². The first-order chi connectivity index (χ1) is 31.6. The molecule has 3 unspecified atom stereocenters. The molecule has 68 heavy (non-hydrogen) atoms. The van der Waals surface area contributed by atoms with Crippen molar-refractivity contribution >= 4 is 23.9 Å². The zero-order valence-electron chi connectivity index (χ0n) is 42.8. The predicted octanol–water partition coefficient (Wildman–Crippen LogP) is 8.70. The van der Waals surface area contributed by atoms with Crippen molar-refractivity contribution in [2.75, 3.05) is 13.2 Å². The number of aromatic amines is 1. The molecule has 378 valence electrons. The van der Waals surface area contributed by atoms with Crippen LogP contribution in [-0.4, -0.2) is 70.0 Å². The Morgan fingerprint density at radius 2 is 1.59 bits per heavy atom. The Labute approximate surface area is 401 Å². The van der Waals surface area contributed by atoms with E-state index in [1.54, 1.807) is 34.6 Å². The molecule has 16 nitrogen and oxygen atoms in total. The maximum Gasteiger partial charge on any atom is 0.330 e. The fourth-order valence-electron chi connectivity index (χ4n) is 15.7. The van der Waals surface area contributed by atoms with Gasteiger partial charge in [-0.05, 0) is 151 Å². The van der Waals surface area contributed by atoms with Crippen LogP contribution in [0.25, 0.3) is 0 Å². The first-order valence-electron chi connectivity index (χ1n) is 25.4. The number of carboxylic acid groups (broad SMARTS) is 1. The Morgan fingerprint density at radius 3 is 2.25 bits per heavy atom. The number of carbonyl (C=O) groups excluding carboxylic acids is 3. The van der Waals surface area contributed by atoms with Gasteiger partial charge < -0.3 is 24.1 Å². The number of H-pyrrole nitrogens is 1. The zero-order valence-corrected chi connectivity index (χ0v) is 42.8. The van der Waals surface area contributed by atoms with Crippen molar-refractivity contribution in [3.8, 4) is 0 Å². The van der Waals surface area contributed by atoms with Gasteiger partial charge in [0.1, 0.15) is 35.7 Å². The minimum absolute atomic E-state index is 0.0592. The van der Waals surface area contributed by atoms with Gasteiger partial charge >= 0.3 is 29.6 Å². The minimum atomic E-state index is -1.19. The van der Waals surface area contributed by atoms with Gasteiger partial charge in [0.25, 0.3) is 5.56 Å². The number of fused-ring (bicyclic) bond motifs is 7. The highest BCUT2D eigenvalue weighted by Gasteiger charge is 2.71. The number of nitrogens with one attached hydrogen (secondary N) is 2. The summed E-state index contributed by atoms with van der Waals surface area (Å²) in [6, 6.07) is -0.679. The summed E-state index contributed by atoms with van der Waals surface area (Å²) in [5.74, 6) is 0.217. The Bertz CT molecular complexity index is 2310. The van der Waals surface area contributed by atoms with E-state index in [1.807, 2.05) is 0 Å². The van der Waals surface area contributed by atoms with Gasteiger partial charge in [-0.15, -0.1) is 0 Å². The van der Waals surface area contributed by atoms with E-state index in [0.29, 0.717) is 47.7 Å². The number of aryl methyl sites for hydroxylation is 1. The number of aliphatic carboxylic acids is 1. The second-order valence-corrected chi connectivity index (χ2v) is 25.2. The lowest BCUT2D eigenvalue weighted by atomic mass is 9.32. The van der Waals surface area contributed by atoms with Crippen molar-refractivity contribution in [3.05, 3.63) is 32.6 Å². The van der Waals surface area contributed by atoms with Crippen molar-refractivity contribution in [1.82, 2.24) is 14.5 Å². The standard InChI is InChI=1S/C52H79N5O11/c1-29(2)31-15-20-52(28-66-44(63)47(6,7)24-39(58)65-27-34-33(55-56-53)23-38(67-34)57-26-30(3)42(60)54-45(57)64)22-21-50(11)32(41(31)52)13-14-36-49(10)18-17-37(68-40(59)25-46(4,5)43(61)62)48(8,9)35(49)16-19-51(36,50)12/h26,29,31-38,41,53H,13-25,27-28H2,1-12H3,(H-,54,60,61,62,64)/p+1/t31-,32+,33?,34?,35-,36+,37-,38?,41+,49-,50+,51+,52+/m0/s1. The molecule has 7 rings (SSSR count). The molecule has 0 aromatic carbocycles. The molecule has 2 heterocycles. The second kappa shape index (κ2) is 18.2. The molecule has 1 aromatic rings. The Hall–Kier alpha value is -4.17. The first kappa shape index (κ1) is 51.7. The molecule has 0 amide bonds. The Kier molecular flexibility index (Phi) is 13.8. The normalized spacial score (nSPS) is 37.4. The van der Waals surface area contributed by atoms with E-state index in [2.05, 4.69) is 63.5 Å². The molecular weight excluding hydrogens is 871 g/mol. The number of hydrogen-bond donors (Lipinski definition) is 3. The van der Waals surface area contributed by atoms with Gasteiger partial charge in [0.2, 0.25) is 4.91 Å². The predicted molar refractivity (Wildman–Crippen MR) is 251 cm³/mol. The Morgan fingerprint density at radius 1 is 0.897 bits per heavy atom. The number of carboxylic acids is 1. The lowest BCUT2D eigenvalue weighted by Crippen LogP contribution is -2.67. The maximum absolute atomic E-state index is 14.1. The molecule has 6 fully saturated rings. The van der Waals surface area contributed by atoms with Crippen LogP contribution < -0.4 is 16.2 Å². The van der Waals surface area contributed by atoms with E-state index in [9.17, 15) is 33.9 Å². The van der Waals surface area contributed by atoms with Crippen molar-refractivity contribution in [2.45, 2.75) is 191 Å². The average molecular weight is 951 g/mol. The molecule has 5 saturated carbocycles. The number of nitrogens with zero attached hydrogens (tertiary/aromatic N) is 3. The molecule has 13 atom stereocenters. The van der Waals surface area contributed by atoms with Crippen LogP contribution in [0.4, 0.5) is 0 Å². The summed E-state index contributed by atoms with van der Waals surface area (Å²) in [5, 5.41) is 13.6. The number of rotatable bonds is 14. The summed E-state index contributed by atoms with van der Waals surface area (Å²) in [6.07, 6.45) is 9.59. The number of esters is 3. The van der Waals surface area contributed by atoms with Crippen LogP contribution in [0.3, 0.4) is 0 Å². The van der Waals surface area contributed by atoms with E-state index >= 15 is 0 Å². The third-order valence-electron chi connectivity index (χ3n) is 19.8. The maximum atomic E-state index is 14.1. The summed E-state index contributed by atoms with van der Waals surface area (Å²) in [6.45, 7) is 25.2. The minimum Gasteiger partial charge on any atom is -0.481 e. The molecule has 16 heteroatoms. The quantitative estimate of drug-likeness (QED) is 0.0691. The molecule has 6 aliphatic rings. The molecule has 5 aliphatic carbocycles. The monoisotopic (exact) mass is 951 g/mol. The van der Waals surface area contributed by atoms with Crippen LogP contribution in [0.5, 0.6) is 0 Å². The van der Waals surface area contributed by atoms with Crippen LogP contribution in [0.1, 0.15) is 171 Å². The molecule has 0 radical (unpaired) electrons. The van der Waals surface area contributed by atoms with Crippen LogP contribution in [0.2, 0.25) is 0 Å². The van der Waals surface area contributed by atoms with E-state index < -0.39 is 64.3 Å². The highest BCUT2D eigenvalue weighted by molar-refractivity contribution is 5.83. The first-order valence-corrected chi connectivity index (χ1v) is 25.4. The average Bonchev–Trinajstić information content (AvgIpc) is 3.83. The van der Waals surface area contributed by atoms with Gasteiger partial charge in [0, 0.05) is 29.0 Å². The van der Waals surface area contributed by atoms with Gasteiger partial charge in [0.15, 0.2) is 6.04 Å². The topological polar surface area (TPSA) is 231 Å². The van der Waals surface area contributed by atoms with Gasteiger partial charge in [-0.3, -0.25) is 33.5 Å². The smallest absolute Gasteiger partial charge is 0.330 e. The number of carbonyl (C=O) groups is 4. The van der Waals surface area contributed by atoms with Crippen LogP contribution in [0, 0.1) is 85.9 Å². The largest absolute Gasteiger partial charge is 0.481 e. The highest BCUT2D eigenvalue weighted by atomic mass is 16.6. The van der Waals surface area contributed by atoms with Gasteiger partial charge in [-0.25, -0.2) is 4.79 Å². The molecule has 0 bridgehead atoms. The third-order valence-corrected chi connectivity index (χ3v) is 19.8. The number of ether oxygens (including phenoxy) is 4. The summed E-state index contributed by atoms with van der Waals surface area (Å²) in [5.41, 5.74) is 3.92. The van der Waals surface area contributed by atoms with E-state index in [4.69, 9.17) is 24.5 Å². The van der Waals surface area contributed by atoms with Gasteiger partial charge in [-0.1, -0.05) is 48.5 Å². The number of aromatic nitrogens is 2. The fraction of sp³-hybridized carbons (Fsp3) is 0.846. The molecule has 1 aromatic heterocycles. The third kappa shape index (κ3) is 8.85.